The van der Waals surface area contributed by atoms with E-state index in [1.807, 2.05) is 0 Å². The monoisotopic (exact) mass is 251 g/mol. The number of hydrogen-bond donors (Lipinski definition) is 1. The summed E-state index contributed by atoms with van der Waals surface area (Å²) in [5, 5.41) is 9.09. The second-order valence-corrected chi connectivity index (χ2v) is 3.85. The Morgan fingerprint density at radius 1 is 1.28 bits per heavy atom. The molecule has 1 saturated heterocycles. The maximum absolute atomic E-state index is 11.8. The molecule has 0 spiro atoms. The fourth-order valence-electron chi connectivity index (χ4n) is 1.96. The van der Waals surface area contributed by atoms with Crippen LogP contribution in [0.15, 0.2) is 24.3 Å². The van der Waals surface area contributed by atoms with Crippen molar-refractivity contribution >= 4 is 17.6 Å². The van der Waals surface area contributed by atoms with Crippen LogP contribution in [-0.4, -0.2) is 43.3 Å². The number of benzene rings is 1. The molecule has 1 fully saturated rings. The molecule has 6 nitrogen and oxygen atoms in total. The number of methoxy groups -OCH3 is 2. The summed E-state index contributed by atoms with van der Waals surface area (Å²) in [6, 6.07) is 5.64. The number of amides is 1. The molecule has 1 aromatic carbocycles. The van der Waals surface area contributed by atoms with Crippen LogP contribution in [0.25, 0.3) is 0 Å². The van der Waals surface area contributed by atoms with Crippen LogP contribution in [0.3, 0.4) is 0 Å². The first kappa shape index (κ1) is 12.4. The highest BCUT2D eigenvalue weighted by atomic mass is 16.5. The van der Waals surface area contributed by atoms with Crippen LogP contribution in [0.2, 0.25) is 0 Å². The van der Waals surface area contributed by atoms with Gasteiger partial charge in [-0.05, 0) is 24.3 Å². The SMILES string of the molecule is COc1ccc(N2C(=O)[C@@H](OC)[C@H]2C(=O)O)cc1. The minimum atomic E-state index is -1.09. The molecule has 1 aliphatic rings. The van der Waals surface area contributed by atoms with Gasteiger partial charge in [-0.3, -0.25) is 9.69 Å². The normalized spacial score (nSPS) is 22.6. The molecule has 1 aliphatic heterocycles. The molecule has 0 radical (unpaired) electrons. The van der Waals surface area contributed by atoms with Crippen molar-refractivity contribution in [3.63, 3.8) is 0 Å². The van der Waals surface area contributed by atoms with Gasteiger partial charge in [-0.2, -0.15) is 0 Å². The molecule has 1 aromatic rings. The van der Waals surface area contributed by atoms with Crippen molar-refractivity contribution in [1.82, 2.24) is 0 Å². The summed E-state index contributed by atoms with van der Waals surface area (Å²) in [6.45, 7) is 0. The third-order valence-corrected chi connectivity index (χ3v) is 2.90. The lowest BCUT2D eigenvalue weighted by atomic mass is 9.96. The van der Waals surface area contributed by atoms with E-state index in [1.54, 1.807) is 24.3 Å². The molecule has 2 rings (SSSR count). The summed E-state index contributed by atoms with van der Waals surface area (Å²) in [5.74, 6) is -0.797. The Labute approximate surface area is 104 Å². The van der Waals surface area contributed by atoms with Crippen molar-refractivity contribution in [3.8, 4) is 5.75 Å². The van der Waals surface area contributed by atoms with Gasteiger partial charge in [-0.15, -0.1) is 0 Å². The highest BCUT2D eigenvalue weighted by Crippen LogP contribution is 2.31. The van der Waals surface area contributed by atoms with Crippen LogP contribution in [0.4, 0.5) is 5.69 Å². The van der Waals surface area contributed by atoms with Crippen LogP contribution in [0.1, 0.15) is 0 Å². The molecule has 18 heavy (non-hydrogen) atoms. The van der Waals surface area contributed by atoms with Crippen LogP contribution in [0.5, 0.6) is 5.75 Å². The molecule has 2 atom stereocenters. The minimum absolute atomic E-state index is 0.352. The first-order valence-electron chi connectivity index (χ1n) is 5.33. The van der Waals surface area contributed by atoms with Crippen molar-refractivity contribution < 1.29 is 24.2 Å². The molecule has 0 aromatic heterocycles. The Bertz CT molecular complexity index is 470. The molecule has 6 heteroatoms. The number of ether oxygens (including phenoxy) is 2. The number of carbonyl (C=O) groups is 2. The second-order valence-electron chi connectivity index (χ2n) is 3.85. The lowest BCUT2D eigenvalue weighted by molar-refractivity contribution is -0.155. The van der Waals surface area contributed by atoms with E-state index in [1.165, 1.54) is 19.1 Å². The Hall–Kier alpha value is -2.08. The molecule has 1 amide bonds. The van der Waals surface area contributed by atoms with Gasteiger partial charge in [0.15, 0.2) is 12.1 Å². The van der Waals surface area contributed by atoms with Crippen molar-refractivity contribution in [1.29, 1.82) is 0 Å². The number of nitrogens with zero attached hydrogens (tertiary/aromatic N) is 1. The van der Waals surface area contributed by atoms with Gasteiger partial charge in [0.2, 0.25) is 0 Å². The lowest BCUT2D eigenvalue weighted by Crippen LogP contribution is -2.69. The van der Waals surface area contributed by atoms with Gasteiger partial charge in [0.05, 0.1) is 7.11 Å². The predicted molar refractivity (Wildman–Crippen MR) is 62.7 cm³/mol. The molecule has 96 valence electrons. The molecule has 0 unspecified atom stereocenters. The van der Waals surface area contributed by atoms with E-state index < -0.39 is 18.1 Å². The third kappa shape index (κ3) is 1.80. The summed E-state index contributed by atoms with van der Waals surface area (Å²) < 4.78 is 9.87. The lowest BCUT2D eigenvalue weighted by Gasteiger charge is -2.43. The summed E-state index contributed by atoms with van der Waals surface area (Å²) in [7, 11) is 2.86. The fourth-order valence-corrected chi connectivity index (χ4v) is 1.96. The van der Waals surface area contributed by atoms with Gasteiger partial charge in [0.25, 0.3) is 5.91 Å². The first-order valence-corrected chi connectivity index (χ1v) is 5.33. The van der Waals surface area contributed by atoms with E-state index in [-0.39, 0.29) is 5.91 Å². The van der Waals surface area contributed by atoms with E-state index in [0.29, 0.717) is 11.4 Å². The van der Waals surface area contributed by atoms with E-state index in [2.05, 4.69) is 0 Å². The number of β-lactam (4-membered cyclic amide) rings is 1. The average Bonchev–Trinajstić information content (AvgIpc) is 2.36. The van der Waals surface area contributed by atoms with Crippen LogP contribution >= 0.6 is 0 Å². The van der Waals surface area contributed by atoms with Crippen molar-refractivity contribution in [2.45, 2.75) is 12.1 Å². The summed E-state index contributed by atoms with van der Waals surface area (Å²) in [6.07, 6.45) is -0.912. The first-order chi connectivity index (χ1) is 8.60. The van der Waals surface area contributed by atoms with Gasteiger partial charge < -0.3 is 14.6 Å². The van der Waals surface area contributed by atoms with Gasteiger partial charge in [0.1, 0.15) is 5.75 Å². The van der Waals surface area contributed by atoms with Crippen molar-refractivity contribution in [2.75, 3.05) is 19.1 Å². The quantitative estimate of drug-likeness (QED) is 0.789. The number of rotatable bonds is 4. The molecule has 1 N–H and O–H groups in total. The largest absolute Gasteiger partial charge is 0.497 e. The van der Waals surface area contributed by atoms with Gasteiger partial charge in [0, 0.05) is 12.8 Å². The Morgan fingerprint density at radius 3 is 2.33 bits per heavy atom. The molecule has 0 saturated carbocycles. The van der Waals surface area contributed by atoms with Gasteiger partial charge in [-0.1, -0.05) is 0 Å². The maximum atomic E-state index is 11.8. The number of carboxylic acid groups (broad SMARTS) is 1. The Kier molecular flexibility index (Phi) is 3.20. The number of carbonyl (C=O) groups excluding carboxylic acids is 1. The predicted octanol–water partition coefficient (Wildman–Crippen LogP) is 0.510. The third-order valence-electron chi connectivity index (χ3n) is 2.90. The van der Waals surface area contributed by atoms with E-state index >= 15 is 0 Å². The number of aliphatic carboxylic acids is 1. The zero-order valence-electron chi connectivity index (χ0n) is 9.99. The van der Waals surface area contributed by atoms with Crippen molar-refractivity contribution in [2.24, 2.45) is 0 Å². The number of hydrogen-bond acceptors (Lipinski definition) is 4. The topological polar surface area (TPSA) is 76.1 Å². The summed E-state index contributed by atoms with van der Waals surface area (Å²) >= 11 is 0. The Balaban J connectivity index is 2.26. The molecule has 0 aliphatic carbocycles. The van der Waals surface area contributed by atoms with Gasteiger partial charge >= 0.3 is 5.97 Å². The highest BCUT2D eigenvalue weighted by Gasteiger charge is 2.53. The van der Waals surface area contributed by atoms with Crippen molar-refractivity contribution in [3.05, 3.63) is 24.3 Å². The molecule has 1 heterocycles. The number of anilines is 1. The average molecular weight is 251 g/mol. The molecular formula is C12H13NO5. The smallest absolute Gasteiger partial charge is 0.330 e. The van der Waals surface area contributed by atoms with Crippen LogP contribution in [0, 0.1) is 0 Å². The molecule has 0 bridgehead atoms. The standard InChI is InChI=1S/C12H13NO5/c1-17-8-5-3-7(4-6-8)13-9(12(15)16)10(18-2)11(13)14/h3-6,9-10H,1-2H3,(H,15,16)/t9-,10-/m0/s1. The summed E-state index contributed by atoms with van der Waals surface area (Å²) in [4.78, 5) is 24.1. The van der Waals surface area contributed by atoms with Gasteiger partial charge in [-0.25, -0.2) is 4.79 Å². The minimum Gasteiger partial charge on any atom is -0.497 e. The molecular weight excluding hydrogens is 238 g/mol. The number of carboxylic acids is 1. The second kappa shape index (κ2) is 4.66. The summed E-state index contributed by atoms with van der Waals surface area (Å²) in [5.41, 5.74) is 0.515. The van der Waals surface area contributed by atoms with Crippen LogP contribution in [-0.2, 0) is 14.3 Å². The van der Waals surface area contributed by atoms with E-state index in [4.69, 9.17) is 14.6 Å². The van der Waals surface area contributed by atoms with E-state index in [9.17, 15) is 9.59 Å². The maximum Gasteiger partial charge on any atom is 0.330 e. The zero-order chi connectivity index (χ0) is 13.3. The van der Waals surface area contributed by atoms with E-state index in [0.717, 1.165) is 0 Å². The Morgan fingerprint density at radius 2 is 1.89 bits per heavy atom. The van der Waals surface area contributed by atoms with Crippen LogP contribution < -0.4 is 9.64 Å². The highest BCUT2D eigenvalue weighted by molar-refractivity contribution is 6.12. The zero-order valence-corrected chi connectivity index (χ0v) is 9.99. The fraction of sp³-hybridized carbons (Fsp3) is 0.333.